The number of carbonyl (C=O) groups excluding carboxylic acids is 1. The number of amides is 1. The summed E-state index contributed by atoms with van der Waals surface area (Å²) in [7, 11) is 0. The largest absolute Gasteiger partial charge is 0.351 e. The van der Waals surface area contributed by atoms with Crippen molar-refractivity contribution in [1.82, 2.24) is 24.9 Å². The fraction of sp³-hybridized carbons (Fsp3) is 0.364. The molecule has 1 amide bonds. The van der Waals surface area contributed by atoms with Gasteiger partial charge in [-0.1, -0.05) is 49.0 Å². The highest BCUT2D eigenvalue weighted by molar-refractivity contribution is 7.99. The lowest BCUT2D eigenvalue weighted by molar-refractivity contribution is -0.118. The molecule has 3 heterocycles. The maximum atomic E-state index is 12.3. The maximum absolute atomic E-state index is 12.3. The second-order valence-corrected chi connectivity index (χ2v) is 9.91. The molecule has 1 N–H and O–H groups in total. The van der Waals surface area contributed by atoms with Crippen molar-refractivity contribution in [3.05, 3.63) is 52.2 Å². The van der Waals surface area contributed by atoms with Gasteiger partial charge in [-0.2, -0.15) is 0 Å². The molecule has 0 bridgehead atoms. The molecule has 5 rings (SSSR count). The van der Waals surface area contributed by atoms with Gasteiger partial charge in [0, 0.05) is 11.4 Å². The van der Waals surface area contributed by atoms with Crippen LogP contribution in [0.3, 0.4) is 0 Å². The van der Waals surface area contributed by atoms with Crippen LogP contribution in [0.4, 0.5) is 0 Å². The van der Waals surface area contributed by atoms with Crippen molar-refractivity contribution in [2.24, 2.45) is 5.92 Å². The van der Waals surface area contributed by atoms with Crippen LogP contribution in [0.5, 0.6) is 0 Å². The van der Waals surface area contributed by atoms with Crippen LogP contribution in [0.2, 0.25) is 0 Å². The van der Waals surface area contributed by atoms with Crippen LogP contribution < -0.4 is 5.32 Å². The van der Waals surface area contributed by atoms with Crippen molar-refractivity contribution in [1.29, 1.82) is 0 Å². The monoisotopic (exact) mass is 437 g/mol. The molecule has 0 saturated heterocycles. The van der Waals surface area contributed by atoms with E-state index in [1.54, 1.807) is 11.3 Å². The molecule has 3 aromatic heterocycles. The number of rotatable bonds is 5. The average Bonchev–Trinajstić information content (AvgIpc) is 3.32. The van der Waals surface area contributed by atoms with Gasteiger partial charge in [-0.15, -0.1) is 21.5 Å². The maximum Gasteiger partial charge on any atom is 0.230 e. The Labute approximate surface area is 183 Å². The molecule has 0 saturated carbocycles. The van der Waals surface area contributed by atoms with Crippen molar-refractivity contribution < 1.29 is 4.79 Å². The number of hydrogen-bond donors (Lipinski definition) is 1. The fourth-order valence-electron chi connectivity index (χ4n) is 4.04. The van der Waals surface area contributed by atoms with Gasteiger partial charge in [0.25, 0.3) is 0 Å². The highest BCUT2D eigenvalue weighted by Crippen LogP contribution is 2.39. The summed E-state index contributed by atoms with van der Waals surface area (Å²) >= 11 is 3.20. The highest BCUT2D eigenvalue weighted by atomic mass is 32.2. The molecule has 0 radical (unpaired) electrons. The summed E-state index contributed by atoms with van der Waals surface area (Å²) in [6, 6.07) is 9.91. The van der Waals surface area contributed by atoms with Gasteiger partial charge in [-0.3, -0.25) is 9.20 Å². The molecule has 0 fully saturated rings. The number of thiophene rings is 1. The smallest absolute Gasteiger partial charge is 0.230 e. The number of aromatic nitrogens is 4. The molecule has 1 atom stereocenters. The average molecular weight is 438 g/mol. The first-order chi connectivity index (χ1) is 14.6. The van der Waals surface area contributed by atoms with E-state index in [1.165, 1.54) is 28.6 Å². The van der Waals surface area contributed by atoms with Gasteiger partial charge in [0.2, 0.25) is 5.91 Å². The minimum Gasteiger partial charge on any atom is -0.351 e. The number of aryl methyl sites for hydroxylation is 2. The van der Waals surface area contributed by atoms with E-state index >= 15 is 0 Å². The molecular weight excluding hydrogens is 414 g/mol. The van der Waals surface area contributed by atoms with Crippen LogP contribution in [0.15, 0.2) is 35.5 Å². The summed E-state index contributed by atoms with van der Waals surface area (Å²) in [5.74, 6) is 1.86. The van der Waals surface area contributed by atoms with Crippen LogP contribution >= 0.6 is 23.1 Å². The van der Waals surface area contributed by atoms with E-state index in [0.29, 0.717) is 12.3 Å². The summed E-state index contributed by atoms with van der Waals surface area (Å²) in [4.78, 5) is 19.7. The van der Waals surface area contributed by atoms with E-state index in [0.717, 1.165) is 51.2 Å². The van der Waals surface area contributed by atoms with Gasteiger partial charge >= 0.3 is 0 Å². The van der Waals surface area contributed by atoms with Crippen molar-refractivity contribution >= 4 is 44.9 Å². The van der Waals surface area contributed by atoms with Gasteiger partial charge < -0.3 is 5.32 Å². The first kappa shape index (κ1) is 19.5. The Morgan fingerprint density at radius 2 is 2.13 bits per heavy atom. The first-order valence-corrected chi connectivity index (χ1v) is 12.0. The summed E-state index contributed by atoms with van der Waals surface area (Å²) in [5, 5.41) is 13.7. The number of thioether (sulfide) groups is 1. The van der Waals surface area contributed by atoms with Crippen molar-refractivity contribution in [3.63, 3.8) is 0 Å². The van der Waals surface area contributed by atoms with E-state index in [1.807, 2.05) is 41.7 Å². The van der Waals surface area contributed by atoms with Gasteiger partial charge in [0.15, 0.2) is 10.8 Å². The van der Waals surface area contributed by atoms with Gasteiger partial charge in [0.05, 0.1) is 11.1 Å². The van der Waals surface area contributed by atoms with Crippen LogP contribution in [0.1, 0.15) is 35.2 Å². The van der Waals surface area contributed by atoms with E-state index in [4.69, 9.17) is 4.98 Å². The standard InChI is InChI=1S/C22H23N5OS2/c1-13-8-9-16-17(10-13)30-21-19(16)20-25-26-22(27(20)14(2)24-21)29-12-18(28)23-11-15-6-4-3-5-7-15/h3-7,13H,8-12H2,1-2H3,(H,23,28). The Kier molecular flexibility index (Phi) is 5.20. The summed E-state index contributed by atoms with van der Waals surface area (Å²) in [5.41, 5.74) is 3.36. The van der Waals surface area contributed by atoms with Crippen LogP contribution in [0, 0.1) is 12.8 Å². The predicted molar refractivity (Wildman–Crippen MR) is 121 cm³/mol. The molecule has 1 aromatic carbocycles. The number of fused-ring (bicyclic) bond motifs is 5. The third-order valence-corrected chi connectivity index (χ3v) is 7.68. The number of carbonyl (C=O) groups is 1. The predicted octanol–water partition coefficient (Wildman–Crippen LogP) is 4.18. The van der Waals surface area contributed by atoms with Crippen LogP contribution in [-0.4, -0.2) is 31.2 Å². The summed E-state index contributed by atoms with van der Waals surface area (Å²) in [6.45, 7) is 4.83. The van der Waals surface area contributed by atoms with E-state index in [2.05, 4.69) is 22.4 Å². The Morgan fingerprint density at radius 3 is 2.97 bits per heavy atom. The highest BCUT2D eigenvalue weighted by Gasteiger charge is 2.25. The fourth-order valence-corrected chi connectivity index (χ4v) is 6.27. The van der Waals surface area contributed by atoms with E-state index in [-0.39, 0.29) is 5.91 Å². The SMILES string of the molecule is Cc1nc2sc3c(c2c2nnc(SCC(=O)NCc4ccccc4)n12)CCC(C)C3. The van der Waals surface area contributed by atoms with Gasteiger partial charge in [-0.05, 0) is 43.2 Å². The third kappa shape index (κ3) is 3.58. The summed E-state index contributed by atoms with van der Waals surface area (Å²) in [6.07, 6.45) is 3.41. The van der Waals surface area contributed by atoms with E-state index < -0.39 is 0 Å². The lowest BCUT2D eigenvalue weighted by Crippen LogP contribution is -2.24. The molecular formula is C22H23N5OS2. The van der Waals surface area contributed by atoms with Gasteiger partial charge in [0.1, 0.15) is 10.7 Å². The second-order valence-electron chi connectivity index (χ2n) is 7.88. The quantitative estimate of drug-likeness (QED) is 0.474. The Morgan fingerprint density at radius 1 is 1.30 bits per heavy atom. The normalized spacial score (nSPS) is 16.1. The number of nitrogens with one attached hydrogen (secondary N) is 1. The summed E-state index contributed by atoms with van der Waals surface area (Å²) < 4.78 is 2.00. The Bertz CT molecular complexity index is 1230. The Balaban J connectivity index is 1.38. The van der Waals surface area contributed by atoms with Crippen LogP contribution in [0.25, 0.3) is 15.9 Å². The molecule has 30 heavy (non-hydrogen) atoms. The molecule has 8 heteroatoms. The zero-order chi connectivity index (χ0) is 20.7. The zero-order valence-corrected chi connectivity index (χ0v) is 18.6. The topological polar surface area (TPSA) is 72.2 Å². The van der Waals surface area contributed by atoms with Crippen molar-refractivity contribution in [2.45, 2.75) is 44.8 Å². The second kappa shape index (κ2) is 8.00. The van der Waals surface area contributed by atoms with Crippen molar-refractivity contribution in [3.8, 4) is 0 Å². The minimum atomic E-state index is -0.0193. The lowest BCUT2D eigenvalue weighted by Gasteiger charge is -2.17. The third-order valence-electron chi connectivity index (χ3n) is 5.60. The molecule has 6 nitrogen and oxygen atoms in total. The number of benzene rings is 1. The van der Waals surface area contributed by atoms with Crippen LogP contribution in [-0.2, 0) is 24.2 Å². The molecule has 154 valence electrons. The molecule has 1 aliphatic rings. The zero-order valence-electron chi connectivity index (χ0n) is 17.0. The number of hydrogen-bond acceptors (Lipinski definition) is 6. The minimum absolute atomic E-state index is 0.0193. The Hall–Kier alpha value is -2.45. The molecule has 1 unspecified atom stereocenters. The van der Waals surface area contributed by atoms with E-state index in [9.17, 15) is 4.79 Å². The lowest BCUT2D eigenvalue weighted by atomic mass is 9.89. The molecule has 1 aliphatic carbocycles. The van der Waals surface area contributed by atoms with Crippen molar-refractivity contribution in [2.75, 3.05) is 5.75 Å². The first-order valence-electron chi connectivity index (χ1n) is 10.2. The molecule has 4 aromatic rings. The number of nitrogens with zero attached hydrogens (tertiary/aromatic N) is 4. The molecule has 0 aliphatic heterocycles. The molecule has 0 spiro atoms. The van der Waals surface area contributed by atoms with Gasteiger partial charge in [-0.25, -0.2) is 4.98 Å².